The van der Waals surface area contributed by atoms with Crippen LogP contribution in [0.4, 0.5) is 0 Å². The molecule has 1 saturated heterocycles. The van der Waals surface area contributed by atoms with E-state index < -0.39 is 16.3 Å². The number of rotatable bonds is 42. The molecule has 0 aromatic heterocycles. The summed E-state index contributed by atoms with van der Waals surface area (Å²) in [4.78, 5) is 2.25. The van der Waals surface area contributed by atoms with Gasteiger partial charge in [0.05, 0.1) is 25.9 Å². The lowest BCUT2D eigenvalue weighted by Gasteiger charge is -2.20. The molecule has 0 radical (unpaired) electrons. The molecule has 1 heterocycles. The maximum Gasteiger partial charge on any atom is 0.336 e. The number of nitrogens with zero attached hydrogens (tertiary/aromatic N) is 1. The monoisotopic (exact) mass is 769 g/mol. The van der Waals surface area contributed by atoms with Crippen LogP contribution in [0.2, 0.25) is 0 Å². The van der Waals surface area contributed by atoms with E-state index in [2.05, 4.69) is 47.8 Å². The van der Waals surface area contributed by atoms with Crippen LogP contribution in [0.15, 0.2) is 24.3 Å². The highest BCUT2D eigenvalue weighted by molar-refractivity contribution is 7.84. The Morgan fingerprint density at radius 2 is 0.868 bits per heavy atom. The van der Waals surface area contributed by atoms with Crippen LogP contribution < -0.4 is 4.72 Å². The number of unbranched alkanes of at least 4 members (excludes halogenated alkanes) is 24. The third kappa shape index (κ3) is 36.6. The summed E-state index contributed by atoms with van der Waals surface area (Å²) in [6.45, 7) is 9.30. The smallest absolute Gasteiger partial charge is 0.336 e. The highest BCUT2D eigenvalue weighted by Crippen LogP contribution is 2.12. The average molecular weight is 769 g/mol. The van der Waals surface area contributed by atoms with Gasteiger partial charge in [0.15, 0.2) is 0 Å². The third-order valence-corrected chi connectivity index (χ3v) is 11.5. The van der Waals surface area contributed by atoms with E-state index in [1.807, 2.05) is 0 Å². The molecule has 1 aliphatic heterocycles. The summed E-state index contributed by atoms with van der Waals surface area (Å²) in [6, 6.07) is -0.449. The molecule has 0 unspecified atom stereocenters. The molecule has 0 amide bonds. The molecule has 53 heavy (non-hydrogen) atoms. The summed E-state index contributed by atoms with van der Waals surface area (Å²) >= 11 is 0. The summed E-state index contributed by atoms with van der Waals surface area (Å²) in [5.74, 6) is 0. The largest absolute Gasteiger partial charge is 0.380 e. The molecule has 8 heteroatoms. The van der Waals surface area contributed by atoms with Crippen molar-refractivity contribution in [2.45, 2.75) is 213 Å². The van der Waals surface area contributed by atoms with Crippen LogP contribution >= 0.6 is 0 Å². The first-order valence-electron chi connectivity index (χ1n) is 22.9. The highest BCUT2D eigenvalue weighted by atomic mass is 32.2. The molecule has 0 aliphatic carbocycles. The van der Waals surface area contributed by atoms with E-state index in [1.54, 1.807) is 0 Å². The van der Waals surface area contributed by atoms with E-state index >= 15 is 0 Å². The molecule has 0 spiro atoms. The van der Waals surface area contributed by atoms with Gasteiger partial charge >= 0.3 is 10.3 Å². The maximum absolute atomic E-state index is 12.7. The zero-order valence-electron chi connectivity index (χ0n) is 35.2. The van der Waals surface area contributed by atoms with Gasteiger partial charge in [0.1, 0.15) is 0 Å². The lowest BCUT2D eigenvalue weighted by Crippen LogP contribution is -2.43. The molecule has 0 bridgehead atoms. The molecule has 1 fully saturated rings. The predicted molar refractivity (Wildman–Crippen MR) is 228 cm³/mol. The fraction of sp³-hybridized carbons (Fsp3) is 0.911. The van der Waals surface area contributed by atoms with Crippen LogP contribution in [0.5, 0.6) is 0 Å². The van der Waals surface area contributed by atoms with Crippen molar-refractivity contribution in [2.24, 2.45) is 0 Å². The number of ether oxygens (including phenoxy) is 2. The number of hydrogen-bond acceptors (Lipinski definition) is 6. The number of likely N-dealkylation sites (tertiary alicyclic amines) is 1. The van der Waals surface area contributed by atoms with Crippen molar-refractivity contribution in [3.05, 3.63) is 24.3 Å². The molecular formula is C45H88N2O5S. The first kappa shape index (κ1) is 50.2. The van der Waals surface area contributed by atoms with Gasteiger partial charge in [-0.05, 0) is 90.1 Å². The van der Waals surface area contributed by atoms with Crippen LogP contribution in [0.1, 0.15) is 206 Å². The lowest BCUT2D eigenvalue weighted by molar-refractivity contribution is 0.0583. The van der Waals surface area contributed by atoms with Gasteiger partial charge in [-0.1, -0.05) is 154 Å². The Balaban J connectivity index is 2.14. The average Bonchev–Trinajstić information content (AvgIpc) is 3.67. The van der Waals surface area contributed by atoms with Crippen molar-refractivity contribution in [3.63, 3.8) is 0 Å². The van der Waals surface area contributed by atoms with Gasteiger partial charge in [0.2, 0.25) is 0 Å². The predicted octanol–water partition coefficient (Wildman–Crippen LogP) is 12.4. The van der Waals surface area contributed by atoms with Gasteiger partial charge in [0.25, 0.3) is 0 Å². The van der Waals surface area contributed by atoms with Crippen molar-refractivity contribution >= 4 is 10.3 Å². The highest BCUT2D eigenvalue weighted by Gasteiger charge is 2.20. The van der Waals surface area contributed by atoms with Crippen molar-refractivity contribution in [1.29, 1.82) is 0 Å². The van der Waals surface area contributed by atoms with Crippen molar-refractivity contribution in [3.8, 4) is 0 Å². The molecule has 0 aromatic rings. The number of nitrogens with one attached hydrogen (secondary N) is 1. The van der Waals surface area contributed by atoms with E-state index in [0.29, 0.717) is 33.0 Å². The lowest BCUT2D eigenvalue weighted by atomic mass is 10.1. The number of allylic oxidation sites excluding steroid dienone is 4. The van der Waals surface area contributed by atoms with Crippen molar-refractivity contribution in [2.75, 3.05) is 52.7 Å². The maximum atomic E-state index is 12.7. The number of hydrogen-bond donors (Lipinski definition) is 1. The summed E-state index contributed by atoms with van der Waals surface area (Å²) in [5, 5.41) is 0. The first-order valence-corrected chi connectivity index (χ1v) is 24.3. The third-order valence-electron chi connectivity index (χ3n) is 10.4. The Kier molecular flexibility index (Phi) is 37.4. The van der Waals surface area contributed by atoms with Gasteiger partial charge in [-0.25, -0.2) is 0 Å². The zero-order valence-corrected chi connectivity index (χ0v) is 36.0. The molecule has 0 saturated carbocycles. The Hall–Kier alpha value is -0.770. The minimum atomic E-state index is -3.87. The fourth-order valence-corrected chi connectivity index (χ4v) is 7.90. The summed E-state index contributed by atoms with van der Waals surface area (Å²) in [6.07, 6.45) is 47.7. The topological polar surface area (TPSA) is 77.1 Å². The quantitative estimate of drug-likeness (QED) is 0.0492. The van der Waals surface area contributed by atoms with Crippen LogP contribution in [-0.4, -0.2) is 72.0 Å². The van der Waals surface area contributed by atoms with E-state index in [0.717, 1.165) is 38.8 Å². The van der Waals surface area contributed by atoms with Gasteiger partial charge in [0, 0.05) is 19.8 Å². The Morgan fingerprint density at radius 3 is 1.26 bits per heavy atom. The molecule has 314 valence electrons. The summed E-state index contributed by atoms with van der Waals surface area (Å²) in [5.41, 5.74) is 0. The minimum absolute atomic E-state index is 0.175. The second-order valence-electron chi connectivity index (χ2n) is 15.7. The van der Waals surface area contributed by atoms with E-state index in [9.17, 15) is 8.42 Å². The zero-order chi connectivity index (χ0) is 38.2. The van der Waals surface area contributed by atoms with Crippen molar-refractivity contribution in [1.82, 2.24) is 9.62 Å². The second-order valence-corrected chi connectivity index (χ2v) is 17.0. The Bertz CT molecular complexity index is 861. The van der Waals surface area contributed by atoms with E-state index in [1.165, 1.54) is 167 Å². The van der Waals surface area contributed by atoms with Crippen LogP contribution in [0.3, 0.4) is 0 Å². The SMILES string of the molecule is CCCCCCCCC=CCCCCCCCCOCC(COCCCCCCCCC=CCCCCCCCC)NS(=O)(=O)OCCN1CCCC1. The molecular weight excluding hydrogens is 681 g/mol. The van der Waals surface area contributed by atoms with Gasteiger partial charge < -0.3 is 14.4 Å². The van der Waals surface area contributed by atoms with Gasteiger partial charge in [-0.2, -0.15) is 13.1 Å². The molecule has 1 N–H and O–H groups in total. The van der Waals surface area contributed by atoms with E-state index in [-0.39, 0.29) is 6.61 Å². The molecule has 0 atom stereocenters. The first-order chi connectivity index (χ1) is 26.1. The molecule has 1 aliphatic rings. The minimum Gasteiger partial charge on any atom is -0.380 e. The Labute approximate surface area is 330 Å². The standard InChI is InChI=1S/C45H88N2O5S/c1-3-5-7-9-11-13-15-17-19-21-23-25-27-29-31-35-40-50-43-45(46-53(48,49)52-42-39-47-37-33-34-38-47)44-51-41-36-32-30-28-26-24-22-20-18-16-14-12-10-8-6-4-2/h17-20,45-46H,3-16,21-44H2,1-2H3. The van der Waals surface area contributed by atoms with Gasteiger partial charge in [-0.15, -0.1) is 0 Å². The van der Waals surface area contributed by atoms with Crippen LogP contribution in [0, 0.1) is 0 Å². The summed E-state index contributed by atoms with van der Waals surface area (Å²) < 4.78 is 45.4. The van der Waals surface area contributed by atoms with Gasteiger partial charge in [-0.3, -0.25) is 4.18 Å². The van der Waals surface area contributed by atoms with Crippen molar-refractivity contribution < 1.29 is 22.1 Å². The van der Waals surface area contributed by atoms with Crippen LogP contribution in [-0.2, 0) is 24.0 Å². The summed E-state index contributed by atoms with van der Waals surface area (Å²) in [7, 11) is -3.87. The van der Waals surface area contributed by atoms with Crippen LogP contribution in [0.25, 0.3) is 0 Å². The second kappa shape index (κ2) is 39.5. The molecule has 1 rings (SSSR count). The normalized spacial score (nSPS) is 14.8. The fourth-order valence-electron chi connectivity index (χ4n) is 6.99. The Morgan fingerprint density at radius 1 is 0.509 bits per heavy atom. The van der Waals surface area contributed by atoms with E-state index in [4.69, 9.17) is 13.7 Å². The molecule has 7 nitrogen and oxygen atoms in total. The molecule has 0 aromatic carbocycles.